The van der Waals surface area contributed by atoms with Gasteiger partial charge in [0.1, 0.15) is 11.9 Å². The molecule has 1 saturated heterocycles. The van der Waals surface area contributed by atoms with Gasteiger partial charge < -0.3 is 10.0 Å². The first-order valence-electron chi connectivity index (χ1n) is 8.84. The maximum Gasteiger partial charge on any atom is 0.227 e. The van der Waals surface area contributed by atoms with E-state index < -0.39 is 12.1 Å². The van der Waals surface area contributed by atoms with Crippen molar-refractivity contribution in [2.45, 2.75) is 30.8 Å². The molecule has 4 rings (SSSR count). The van der Waals surface area contributed by atoms with Crippen LogP contribution < -0.4 is 0 Å². The zero-order valence-corrected chi connectivity index (χ0v) is 14.2. The van der Waals surface area contributed by atoms with Crippen molar-refractivity contribution in [3.8, 4) is 17.2 Å². The van der Waals surface area contributed by atoms with Crippen molar-refractivity contribution in [1.29, 1.82) is 5.26 Å². The molecule has 2 aromatic carbocycles. The molecule has 2 aliphatic rings. The summed E-state index contributed by atoms with van der Waals surface area (Å²) in [6, 6.07) is 15.0. The molecule has 1 N–H and O–H groups in total. The van der Waals surface area contributed by atoms with Gasteiger partial charge in [0.25, 0.3) is 0 Å². The van der Waals surface area contributed by atoms with Gasteiger partial charge in [-0.05, 0) is 30.0 Å². The summed E-state index contributed by atoms with van der Waals surface area (Å²) in [5.41, 5.74) is 1.96. The molecule has 1 aliphatic heterocycles. The Bertz CT molecular complexity index is 888. The minimum absolute atomic E-state index is 0.0114. The summed E-state index contributed by atoms with van der Waals surface area (Å²) < 4.78 is 14.3. The van der Waals surface area contributed by atoms with Crippen molar-refractivity contribution in [3.63, 3.8) is 0 Å². The Labute approximate surface area is 151 Å². The topological polar surface area (TPSA) is 64.3 Å². The largest absolute Gasteiger partial charge is 0.394 e. The molecule has 3 atom stereocenters. The van der Waals surface area contributed by atoms with Gasteiger partial charge in [0.05, 0.1) is 18.7 Å². The summed E-state index contributed by atoms with van der Waals surface area (Å²) >= 11 is 0. The van der Waals surface area contributed by atoms with Crippen molar-refractivity contribution >= 4 is 5.91 Å². The molecule has 4 nitrogen and oxygen atoms in total. The Morgan fingerprint density at radius 1 is 1.15 bits per heavy atom. The first kappa shape index (κ1) is 16.7. The Morgan fingerprint density at radius 2 is 1.81 bits per heavy atom. The molecule has 1 saturated carbocycles. The molecule has 5 heteroatoms. The fourth-order valence-electron chi connectivity index (χ4n) is 3.94. The molecule has 1 heterocycles. The van der Waals surface area contributed by atoms with Crippen molar-refractivity contribution in [2.75, 3.05) is 6.61 Å². The van der Waals surface area contributed by atoms with E-state index in [0.29, 0.717) is 11.1 Å². The Hall–Kier alpha value is -2.71. The highest BCUT2D eigenvalue weighted by atomic mass is 19.1. The van der Waals surface area contributed by atoms with Crippen LogP contribution in [0.2, 0.25) is 0 Å². The van der Waals surface area contributed by atoms with Crippen molar-refractivity contribution in [3.05, 3.63) is 59.9 Å². The molecule has 1 amide bonds. The van der Waals surface area contributed by atoms with Crippen LogP contribution in [0.5, 0.6) is 0 Å². The third-order valence-electron chi connectivity index (χ3n) is 5.40. The number of aliphatic hydroxyl groups excluding tert-OH is 1. The van der Waals surface area contributed by atoms with Gasteiger partial charge in [0.2, 0.25) is 5.91 Å². The monoisotopic (exact) mass is 350 g/mol. The van der Waals surface area contributed by atoms with E-state index in [1.165, 1.54) is 11.0 Å². The van der Waals surface area contributed by atoms with Crippen LogP contribution in [0.15, 0.2) is 48.5 Å². The molecule has 0 unspecified atom stereocenters. The highest BCUT2D eigenvalue weighted by molar-refractivity contribution is 5.84. The van der Waals surface area contributed by atoms with Gasteiger partial charge in [-0.1, -0.05) is 42.5 Å². The first-order chi connectivity index (χ1) is 12.7. The smallest absolute Gasteiger partial charge is 0.227 e. The average Bonchev–Trinajstić information content (AvgIpc) is 3.48. The minimum atomic E-state index is -0.631. The number of likely N-dealkylation sites (tertiary alicyclic amines) is 1. The van der Waals surface area contributed by atoms with Crippen LogP contribution in [-0.2, 0) is 4.79 Å². The van der Waals surface area contributed by atoms with Crippen LogP contribution in [0.1, 0.15) is 24.3 Å². The SMILES string of the molecule is N#C[C@@H]1[C@@H](c2ccccc2-c2ccccc2F)[C@@H](CO)N1C(=O)C1CC1. The number of rotatable bonds is 4. The Balaban J connectivity index is 1.75. The van der Waals surface area contributed by atoms with E-state index >= 15 is 0 Å². The quantitative estimate of drug-likeness (QED) is 0.922. The second kappa shape index (κ2) is 6.54. The van der Waals surface area contributed by atoms with Gasteiger partial charge in [-0.15, -0.1) is 0 Å². The second-order valence-corrected chi connectivity index (χ2v) is 6.94. The number of amides is 1. The zero-order chi connectivity index (χ0) is 18.3. The van der Waals surface area contributed by atoms with Crippen LogP contribution >= 0.6 is 0 Å². The predicted octanol–water partition coefficient (Wildman–Crippen LogP) is 3.08. The normalized spacial score (nSPS) is 24.7. The van der Waals surface area contributed by atoms with Crippen molar-refractivity contribution in [1.82, 2.24) is 4.90 Å². The number of halogens is 1. The fraction of sp³-hybridized carbons (Fsp3) is 0.333. The lowest BCUT2D eigenvalue weighted by atomic mass is 9.73. The summed E-state index contributed by atoms with van der Waals surface area (Å²) in [5, 5.41) is 19.6. The molecule has 0 radical (unpaired) electrons. The Kier molecular flexibility index (Phi) is 4.21. The average molecular weight is 350 g/mol. The summed E-state index contributed by atoms with van der Waals surface area (Å²) in [5.74, 6) is -0.722. The standard InChI is InChI=1S/C21H19FN2O2/c22-17-8-4-3-6-15(17)14-5-1-2-7-16(14)20-18(11-23)24(19(20)12-25)21(26)13-9-10-13/h1-8,13,18-20,25H,9-10,12H2/t18-,19-,20-/m1/s1. The molecular weight excluding hydrogens is 331 g/mol. The lowest BCUT2D eigenvalue weighted by Crippen LogP contribution is -2.65. The van der Waals surface area contributed by atoms with E-state index in [1.807, 2.05) is 24.3 Å². The zero-order valence-electron chi connectivity index (χ0n) is 14.2. The van der Waals surface area contributed by atoms with Gasteiger partial charge in [-0.2, -0.15) is 5.26 Å². The Morgan fingerprint density at radius 3 is 2.42 bits per heavy atom. The number of nitriles is 1. The predicted molar refractivity (Wildman–Crippen MR) is 94.4 cm³/mol. The van der Waals surface area contributed by atoms with Crippen molar-refractivity contribution < 1.29 is 14.3 Å². The van der Waals surface area contributed by atoms with Gasteiger partial charge in [-0.25, -0.2) is 4.39 Å². The molecule has 0 aromatic heterocycles. The number of carbonyl (C=O) groups is 1. The summed E-state index contributed by atoms with van der Waals surface area (Å²) in [6.07, 6.45) is 1.70. The van der Waals surface area contributed by atoms with Gasteiger partial charge in [-0.3, -0.25) is 4.79 Å². The molecule has 0 bridgehead atoms. The number of carbonyl (C=O) groups excluding carboxylic acids is 1. The minimum Gasteiger partial charge on any atom is -0.394 e. The lowest BCUT2D eigenvalue weighted by molar-refractivity contribution is -0.148. The summed E-state index contributed by atoms with van der Waals surface area (Å²) in [4.78, 5) is 14.0. The number of aliphatic hydroxyl groups is 1. The molecule has 1 aliphatic carbocycles. The summed E-state index contributed by atoms with van der Waals surface area (Å²) in [7, 11) is 0. The number of hydrogen-bond donors (Lipinski definition) is 1. The number of nitrogens with zero attached hydrogens (tertiary/aromatic N) is 2. The fourth-order valence-corrected chi connectivity index (χ4v) is 3.94. The highest BCUT2D eigenvalue weighted by Gasteiger charge is 2.54. The summed E-state index contributed by atoms with van der Waals surface area (Å²) in [6.45, 7) is -0.215. The van der Waals surface area contributed by atoms with E-state index in [9.17, 15) is 19.6 Å². The molecular formula is C21H19FN2O2. The van der Waals surface area contributed by atoms with Crippen LogP contribution in [-0.4, -0.2) is 34.6 Å². The second-order valence-electron chi connectivity index (χ2n) is 6.94. The van der Waals surface area contributed by atoms with E-state index in [1.54, 1.807) is 18.2 Å². The molecule has 132 valence electrons. The maximum absolute atomic E-state index is 14.3. The van der Waals surface area contributed by atoms with Gasteiger partial charge in [0, 0.05) is 17.4 Å². The lowest BCUT2D eigenvalue weighted by Gasteiger charge is -2.52. The highest BCUT2D eigenvalue weighted by Crippen LogP contribution is 2.46. The number of hydrogen-bond acceptors (Lipinski definition) is 3. The van der Waals surface area contributed by atoms with Crippen LogP contribution in [0, 0.1) is 23.1 Å². The number of benzene rings is 2. The van der Waals surface area contributed by atoms with Gasteiger partial charge in [0.15, 0.2) is 0 Å². The molecule has 0 spiro atoms. The van der Waals surface area contributed by atoms with E-state index in [-0.39, 0.29) is 30.2 Å². The van der Waals surface area contributed by atoms with Crippen LogP contribution in [0.25, 0.3) is 11.1 Å². The van der Waals surface area contributed by atoms with Crippen molar-refractivity contribution in [2.24, 2.45) is 5.92 Å². The van der Waals surface area contributed by atoms with E-state index in [2.05, 4.69) is 6.07 Å². The third-order valence-corrected chi connectivity index (χ3v) is 5.40. The van der Waals surface area contributed by atoms with Crippen LogP contribution in [0.4, 0.5) is 4.39 Å². The van der Waals surface area contributed by atoms with Gasteiger partial charge >= 0.3 is 0 Å². The van der Waals surface area contributed by atoms with E-state index in [4.69, 9.17) is 0 Å². The third kappa shape index (κ3) is 2.58. The molecule has 26 heavy (non-hydrogen) atoms. The maximum atomic E-state index is 14.3. The molecule has 2 aromatic rings. The molecule has 2 fully saturated rings. The first-order valence-corrected chi connectivity index (χ1v) is 8.84. The van der Waals surface area contributed by atoms with E-state index in [0.717, 1.165) is 18.4 Å². The van der Waals surface area contributed by atoms with Crippen LogP contribution in [0.3, 0.4) is 0 Å².